The molecule has 3 N–H and O–H groups in total. The number of rotatable bonds is 4. The summed E-state index contributed by atoms with van der Waals surface area (Å²) in [6.45, 7) is 5.52. The Morgan fingerprint density at radius 3 is 2.48 bits per heavy atom. The maximum absolute atomic E-state index is 12.8. The van der Waals surface area contributed by atoms with Crippen molar-refractivity contribution >= 4 is 29.6 Å². The molecule has 0 radical (unpaired) electrons. The second kappa shape index (κ2) is 8.23. The van der Waals surface area contributed by atoms with Gasteiger partial charge >= 0.3 is 12.1 Å². The topological polar surface area (TPSA) is 108 Å². The van der Waals surface area contributed by atoms with Gasteiger partial charge in [0.15, 0.2) is 0 Å². The van der Waals surface area contributed by atoms with Crippen LogP contribution in [0.3, 0.4) is 0 Å². The third kappa shape index (κ3) is 4.41. The molecule has 3 rings (SSSR count). The largest absolute Gasteiger partial charge is 0.325 e. The summed E-state index contributed by atoms with van der Waals surface area (Å²) in [5.74, 6) is -0.521. The average molecular weight is 400 g/mol. The number of aryl methyl sites for hydroxylation is 2. The van der Waals surface area contributed by atoms with Crippen molar-refractivity contribution in [2.24, 2.45) is 5.92 Å². The van der Waals surface area contributed by atoms with E-state index in [0.717, 1.165) is 35.3 Å². The first-order valence-corrected chi connectivity index (χ1v) is 10.1. The number of nitrogens with zero attached hydrogens (tertiary/aromatic N) is 1. The van der Waals surface area contributed by atoms with E-state index in [1.807, 2.05) is 19.9 Å². The SMILES string of the molecule is CCC1CCC2(CC1)NC(=O)N(CC(=O)NC(=O)Nc1ccc(C)c(C)c1)C2=O. The summed E-state index contributed by atoms with van der Waals surface area (Å²) in [4.78, 5) is 50.4. The minimum atomic E-state index is -0.898. The van der Waals surface area contributed by atoms with E-state index in [1.54, 1.807) is 12.1 Å². The third-order valence-electron chi connectivity index (χ3n) is 6.10. The van der Waals surface area contributed by atoms with Crippen LogP contribution in [0.15, 0.2) is 18.2 Å². The molecule has 1 aliphatic carbocycles. The number of carbonyl (C=O) groups excluding carboxylic acids is 4. The van der Waals surface area contributed by atoms with E-state index in [1.165, 1.54) is 0 Å². The highest BCUT2D eigenvalue weighted by molar-refractivity contribution is 6.10. The van der Waals surface area contributed by atoms with Crippen LogP contribution < -0.4 is 16.0 Å². The highest BCUT2D eigenvalue weighted by atomic mass is 16.2. The summed E-state index contributed by atoms with van der Waals surface area (Å²) in [5.41, 5.74) is 1.76. The number of imide groups is 2. The first kappa shape index (κ1) is 20.8. The maximum atomic E-state index is 12.8. The molecule has 0 unspecified atom stereocenters. The first-order valence-electron chi connectivity index (χ1n) is 10.1. The number of hydrogen-bond acceptors (Lipinski definition) is 4. The van der Waals surface area contributed by atoms with Crippen molar-refractivity contribution in [3.05, 3.63) is 29.3 Å². The van der Waals surface area contributed by atoms with E-state index < -0.39 is 30.1 Å². The summed E-state index contributed by atoms with van der Waals surface area (Å²) in [6, 6.07) is 4.12. The second-order valence-corrected chi connectivity index (χ2v) is 8.06. The molecule has 0 aromatic heterocycles. The van der Waals surface area contributed by atoms with Crippen LogP contribution in [-0.4, -0.2) is 40.9 Å². The molecule has 8 nitrogen and oxygen atoms in total. The van der Waals surface area contributed by atoms with Crippen molar-refractivity contribution in [3.8, 4) is 0 Å². The minimum absolute atomic E-state index is 0.373. The van der Waals surface area contributed by atoms with Gasteiger partial charge < -0.3 is 10.6 Å². The molecular formula is C21H28N4O4. The highest BCUT2D eigenvalue weighted by Crippen LogP contribution is 2.37. The third-order valence-corrected chi connectivity index (χ3v) is 6.10. The Kier molecular flexibility index (Phi) is 5.91. The van der Waals surface area contributed by atoms with Crippen molar-refractivity contribution < 1.29 is 19.2 Å². The number of urea groups is 2. The molecule has 0 bridgehead atoms. The summed E-state index contributed by atoms with van der Waals surface area (Å²) in [6.07, 6.45) is 3.98. The predicted octanol–water partition coefficient (Wildman–Crippen LogP) is 2.84. The van der Waals surface area contributed by atoms with Gasteiger partial charge in [0, 0.05) is 5.69 Å². The summed E-state index contributed by atoms with van der Waals surface area (Å²) in [5, 5.41) is 7.54. The Hall–Kier alpha value is -2.90. The van der Waals surface area contributed by atoms with E-state index in [9.17, 15) is 19.2 Å². The molecule has 1 aromatic carbocycles. The van der Waals surface area contributed by atoms with Crippen LogP contribution in [0, 0.1) is 19.8 Å². The van der Waals surface area contributed by atoms with Crippen LogP contribution in [0.1, 0.15) is 50.2 Å². The normalized spacial score (nSPS) is 23.8. The zero-order chi connectivity index (χ0) is 21.2. The first-order chi connectivity index (χ1) is 13.7. The van der Waals surface area contributed by atoms with Gasteiger partial charge in [0.1, 0.15) is 12.1 Å². The molecule has 1 spiro atoms. The molecule has 1 aliphatic heterocycles. The van der Waals surface area contributed by atoms with E-state index >= 15 is 0 Å². The standard InChI is InChI=1S/C21H28N4O4/c1-4-15-7-9-21(10-8-15)18(27)25(20(29)24-21)12-17(26)23-19(28)22-16-6-5-13(2)14(3)11-16/h5-6,11,15H,4,7-10,12H2,1-3H3,(H,24,29)(H2,22,23,26,28). The lowest BCUT2D eigenvalue weighted by Gasteiger charge is -2.34. The number of benzene rings is 1. The lowest BCUT2D eigenvalue weighted by Crippen LogP contribution is -2.50. The number of anilines is 1. The summed E-state index contributed by atoms with van der Waals surface area (Å²) in [7, 11) is 0. The lowest BCUT2D eigenvalue weighted by atomic mass is 9.75. The molecular weight excluding hydrogens is 372 g/mol. The Balaban J connectivity index is 1.56. The van der Waals surface area contributed by atoms with Gasteiger partial charge in [0.25, 0.3) is 5.91 Å². The van der Waals surface area contributed by atoms with Gasteiger partial charge in [0.2, 0.25) is 5.91 Å². The molecule has 6 amide bonds. The fourth-order valence-corrected chi connectivity index (χ4v) is 4.03. The molecule has 1 saturated carbocycles. The highest BCUT2D eigenvalue weighted by Gasteiger charge is 2.52. The van der Waals surface area contributed by atoms with Crippen LogP contribution in [0.25, 0.3) is 0 Å². The van der Waals surface area contributed by atoms with Crippen LogP contribution in [0.5, 0.6) is 0 Å². The van der Waals surface area contributed by atoms with E-state index in [0.29, 0.717) is 24.4 Å². The molecule has 1 aromatic rings. The summed E-state index contributed by atoms with van der Waals surface area (Å²) < 4.78 is 0. The van der Waals surface area contributed by atoms with Gasteiger partial charge in [-0.1, -0.05) is 19.4 Å². The molecule has 156 valence electrons. The van der Waals surface area contributed by atoms with Gasteiger partial charge in [-0.15, -0.1) is 0 Å². The van der Waals surface area contributed by atoms with Crippen molar-refractivity contribution in [2.75, 3.05) is 11.9 Å². The van der Waals surface area contributed by atoms with E-state index in [4.69, 9.17) is 0 Å². The number of carbonyl (C=O) groups is 4. The van der Waals surface area contributed by atoms with Gasteiger partial charge in [-0.3, -0.25) is 19.8 Å². The molecule has 2 aliphatic rings. The van der Waals surface area contributed by atoms with Crippen LogP contribution in [-0.2, 0) is 9.59 Å². The quantitative estimate of drug-likeness (QED) is 0.676. The summed E-state index contributed by atoms with van der Waals surface area (Å²) >= 11 is 0. The lowest BCUT2D eigenvalue weighted by molar-refractivity contribution is -0.135. The Morgan fingerprint density at radius 1 is 1.17 bits per heavy atom. The fraction of sp³-hybridized carbons (Fsp3) is 0.524. The Labute approximate surface area is 170 Å². The molecule has 29 heavy (non-hydrogen) atoms. The Bertz CT molecular complexity index is 843. The maximum Gasteiger partial charge on any atom is 0.325 e. The number of amides is 6. The monoisotopic (exact) mass is 400 g/mol. The van der Waals surface area contributed by atoms with E-state index in [-0.39, 0.29) is 5.91 Å². The zero-order valence-electron chi connectivity index (χ0n) is 17.1. The number of nitrogens with one attached hydrogen (secondary N) is 3. The molecule has 0 atom stereocenters. The molecule has 1 heterocycles. The average Bonchev–Trinajstić information content (AvgIpc) is 2.89. The van der Waals surface area contributed by atoms with E-state index in [2.05, 4.69) is 22.9 Å². The van der Waals surface area contributed by atoms with Crippen LogP contribution in [0.2, 0.25) is 0 Å². The van der Waals surface area contributed by atoms with Crippen LogP contribution >= 0.6 is 0 Å². The fourth-order valence-electron chi connectivity index (χ4n) is 4.03. The Morgan fingerprint density at radius 2 is 1.86 bits per heavy atom. The van der Waals surface area contributed by atoms with Crippen molar-refractivity contribution in [3.63, 3.8) is 0 Å². The molecule has 8 heteroatoms. The van der Waals surface area contributed by atoms with Gasteiger partial charge in [-0.25, -0.2) is 9.59 Å². The van der Waals surface area contributed by atoms with Gasteiger partial charge in [0.05, 0.1) is 0 Å². The molecule has 2 fully saturated rings. The zero-order valence-corrected chi connectivity index (χ0v) is 17.1. The van der Waals surface area contributed by atoms with Crippen molar-refractivity contribution in [1.29, 1.82) is 0 Å². The van der Waals surface area contributed by atoms with Gasteiger partial charge in [-0.2, -0.15) is 0 Å². The van der Waals surface area contributed by atoms with Gasteiger partial charge in [-0.05, 0) is 68.7 Å². The second-order valence-electron chi connectivity index (χ2n) is 8.06. The van der Waals surface area contributed by atoms with Crippen molar-refractivity contribution in [1.82, 2.24) is 15.5 Å². The number of hydrogen-bond donors (Lipinski definition) is 3. The van der Waals surface area contributed by atoms with Crippen LogP contribution in [0.4, 0.5) is 15.3 Å². The molecule has 1 saturated heterocycles. The minimum Gasteiger partial charge on any atom is -0.323 e. The predicted molar refractivity (Wildman–Crippen MR) is 108 cm³/mol. The van der Waals surface area contributed by atoms with Crippen molar-refractivity contribution in [2.45, 2.75) is 58.4 Å². The smallest absolute Gasteiger partial charge is 0.323 e.